The molecule has 0 radical (unpaired) electrons. The molecule has 21 heavy (non-hydrogen) atoms. The van der Waals surface area contributed by atoms with E-state index in [1.54, 1.807) is 26.0 Å². The van der Waals surface area contributed by atoms with Crippen LogP contribution in [0.5, 0.6) is 0 Å². The fourth-order valence-corrected chi connectivity index (χ4v) is 1.99. The Morgan fingerprint density at radius 1 is 1.24 bits per heavy atom. The third-order valence-corrected chi connectivity index (χ3v) is 3.17. The topological polar surface area (TPSA) is 66.8 Å². The molecule has 1 N–H and O–H groups in total. The average Bonchev–Trinajstić information content (AvgIpc) is 2.39. The van der Waals surface area contributed by atoms with E-state index in [9.17, 15) is 14.7 Å². The highest BCUT2D eigenvalue weighted by Crippen LogP contribution is 2.10. The third kappa shape index (κ3) is 5.19. The van der Waals surface area contributed by atoms with Crippen molar-refractivity contribution >= 4 is 11.9 Å². The van der Waals surface area contributed by atoms with Gasteiger partial charge in [-0.3, -0.25) is 4.79 Å². The van der Waals surface area contributed by atoms with E-state index in [0.29, 0.717) is 12.1 Å². The first-order valence-corrected chi connectivity index (χ1v) is 7.10. The molecule has 2 atom stereocenters. The molecular formula is C16H23NO4. The Morgan fingerprint density at radius 3 is 2.29 bits per heavy atom. The lowest BCUT2D eigenvalue weighted by molar-refractivity contribution is -0.141. The Labute approximate surface area is 125 Å². The Balaban J connectivity index is 2.57. The second-order valence-corrected chi connectivity index (χ2v) is 5.10. The van der Waals surface area contributed by atoms with Crippen molar-refractivity contribution in [1.29, 1.82) is 0 Å². The van der Waals surface area contributed by atoms with Crippen LogP contribution in [0.1, 0.15) is 43.1 Å². The molecule has 2 unspecified atom stereocenters. The predicted octanol–water partition coefficient (Wildman–Crippen LogP) is 2.12. The van der Waals surface area contributed by atoms with Crippen LogP contribution in [0, 0.1) is 6.92 Å². The Bertz CT molecular complexity index is 482. The zero-order chi connectivity index (χ0) is 16.0. The van der Waals surface area contributed by atoms with Crippen molar-refractivity contribution in [3.63, 3.8) is 0 Å². The van der Waals surface area contributed by atoms with Crippen molar-refractivity contribution in [2.45, 2.75) is 46.4 Å². The molecule has 116 valence electrons. The van der Waals surface area contributed by atoms with Gasteiger partial charge in [-0.05, 0) is 39.8 Å². The summed E-state index contributed by atoms with van der Waals surface area (Å²) in [6.45, 7) is 7.33. The minimum absolute atomic E-state index is 0.0519. The van der Waals surface area contributed by atoms with Gasteiger partial charge in [0.25, 0.3) is 0 Å². The summed E-state index contributed by atoms with van der Waals surface area (Å²) in [6.07, 6.45) is -1.34. The molecule has 0 saturated carbocycles. The van der Waals surface area contributed by atoms with Crippen molar-refractivity contribution in [2.75, 3.05) is 6.54 Å². The third-order valence-electron chi connectivity index (χ3n) is 3.17. The maximum Gasteiger partial charge on any atom is 0.338 e. The molecule has 5 heteroatoms. The standard InChI is InChI=1S/C16H23NO4/c1-5-17(13(4)18)15(19)10-12(3)21-16(20)14-8-6-11(2)7-9-14/h6-9,12-13,18H,5,10H2,1-4H3. The number of amides is 1. The van der Waals surface area contributed by atoms with Crippen LogP contribution in [0.2, 0.25) is 0 Å². The number of aryl methyl sites for hydroxylation is 1. The summed E-state index contributed by atoms with van der Waals surface area (Å²) in [6, 6.07) is 7.05. The minimum atomic E-state index is -0.845. The lowest BCUT2D eigenvalue weighted by atomic mass is 10.1. The minimum Gasteiger partial charge on any atom is -0.459 e. The Morgan fingerprint density at radius 2 is 1.81 bits per heavy atom. The van der Waals surface area contributed by atoms with E-state index in [-0.39, 0.29) is 12.3 Å². The average molecular weight is 293 g/mol. The molecule has 0 heterocycles. The normalized spacial score (nSPS) is 13.4. The van der Waals surface area contributed by atoms with Gasteiger partial charge >= 0.3 is 5.97 Å². The molecule has 0 bridgehead atoms. The summed E-state index contributed by atoms with van der Waals surface area (Å²) < 4.78 is 5.25. The van der Waals surface area contributed by atoms with Gasteiger partial charge in [0.1, 0.15) is 12.3 Å². The van der Waals surface area contributed by atoms with Crippen LogP contribution < -0.4 is 0 Å². The highest BCUT2D eigenvalue weighted by atomic mass is 16.5. The molecule has 0 aliphatic rings. The second kappa shape index (κ2) is 7.78. The molecule has 0 spiro atoms. The Hall–Kier alpha value is -1.88. The van der Waals surface area contributed by atoms with Crippen molar-refractivity contribution in [3.05, 3.63) is 35.4 Å². The monoisotopic (exact) mass is 293 g/mol. The first-order valence-electron chi connectivity index (χ1n) is 7.10. The van der Waals surface area contributed by atoms with E-state index < -0.39 is 18.3 Å². The first kappa shape index (κ1) is 17.2. The van der Waals surface area contributed by atoms with Crippen molar-refractivity contribution in [3.8, 4) is 0 Å². The van der Waals surface area contributed by atoms with E-state index in [4.69, 9.17) is 4.74 Å². The number of benzene rings is 1. The number of carbonyl (C=O) groups is 2. The number of hydrogen-bond donors (Lipinski definition) is 1. The van der Waals surface area contributed by atoms with Crippen LogP contribution in [0.3, 0.4) is 0 Å². The van der Waals surface area contributed by atoms with E-state index in [1.807, 2.05) is 19.1 Å². The lowest BCUT2D eigenvalue weighted by Gasteiger charge is -2.25. The van der Waals surface area contributed by atoms with Crippen LogP contribution in [0.4, 0.5) is 0 Å². The molecule has 0 aliphatic heterocycles. The summed E-state index contributed by atoms with van der Waals surface area (Å²) in [7, 11) is 0. The van der Waals surface area contributed by atoms with Crippen LogP contribution >= 0.6 is 0 Å². The van der Waals surface area contributed by atoms with Gasteiger partial charge in [-0.25, -0.2) is 4.79 Å². The van der Waals surface area contributed by atoms with Crippen molar-refractivity contribution < 1.29 is 19.4 Å². The van der Waals surface area contributed by atoms with Gasteiger partial charge in [-0.1, -0.05) is 17.7 Å². The van der Waals surface area contributed by atoms with Gasteiger partial charge in [-0.2, -0.15) is 0 Å². The quantitative estimate of drug-likeness (QED) is 0.644. The molecule has 0 aromatic heterocycles. The summed E-state index contributed by atoms with van der Waals surface area (Å²) in [4.78, 5) is 25.2. The number of hydrogen-bond acceptors (Lipinski definition) is 4. The number of ether oxygens (including phenoxy) is 1. The number of rotatable bonds is 6. The smallest absolute Gasteiger partial charge is 0.338 e. The first-order chi connectivity index (χ1) is 9.85. The number of carbonyl (C=O) groups excluding carboxylic acids is 2. The number of nitrogens with zero attached hydrogens (tertiary/aromatic N) is 1. The van der Waals surface area contributed by atoms with Gasteiger partial charge in [0, 0.05) is 6.54 Å². The van der Waals surface area contributed by atoms with Gasteiger partial charge in [0.15, 0.2) is 0 Å². The summed E-state index contributed by atoms with van der Waals surface area (Å²) in [5.74, 6) is -0.688. The van der Waals surface area contributed by atoms with Crippen molar-refractivity contribution in [2.24, 2.45) is 0 Å². The SMILES string of the molecule is CCN(C(=O)CC(C)OC(=O)c1ccc(C)cc1)C(C)O. The molecule has 1 amide bonds. The molecule has 1 aromatic carbocycles. The predicted molar refractivity (Wildman–Crippen MR) is 79.7 cm³/mol. The van der Waals surface area contributed by atoms with E-state index in [0.717, 1.165) is 5.56 Å². The number of esters is 1. The van der Waals surface area contributed by atoms with E-state index in [1.165, 1.54) is 11.8 Å². The maximum atomic E-state index is 12.0. The Kier molecular flexibility index (Phi) is 6.37. The highest BCUT2D eigenvalue weighted by Gasteiger charge is 2.21. The van der Waals surface area contributed by atoms with E-state index in [2.05, 4.69) is 0 Å². The highest BCUT2D eigenvalue weighted by molar-refractivity contribution is 5.89. The molecular weight excluding hydrogens is 270 g/mol. The zero-order valence-corrected chi connectivity index (χ0v) is 13.0. The largest absolute Gasteiger partial charge is 0.459 e. The molecule has 5 nitrogen and oxygen atoms in total. The van der Waals surface area contributed by atoms with Crippen molar-refractivity contribution in [1.82, 2.24) is 4.90 Å². The van der Waals surface area contributed by atoms with Gasteiger partial charge in [0.05, 0.1) is 12.0 Å². The fourth-order valence-electron chi connectivity index (χ4n) is 1.99. The maximum absolute atomic E-state index is 12.0. The number of aliphatic hydroxyl groups is 1. The number of aliphatic hydroxyl groups excluding tert-OH is 1. The summed E-state index contributed by atoms with van der Waals surface area (Å²) in [5.41, 5.74) is 1.52. The molecule has 0 saturated heterocycles. The van der Waals surface area contributed by atoms with Gasteiger partial charge in [-0.15, -0.1) is 0 Å². The van der Waals surface area contributed by atoms with Gasteiger partial charge < -0.3 is 14.7 Å². The lowest BCUT2D eigenvalue weighted by Crippen LogP contribution is -2.40. The second-order valence-electron chi connectivity index (χ2n) is 5.10. The molecule has 1 aromatic rings. The molecule has 0 fully saturated rings. The van der Waals surface area contributed by atoms with Crippen LogP contribution in [0.15, 0.2) is 24.3 Å². The zero-order valence-electron chi connectivity index (χ0n) is 13.0. The fraction of sp³-hybridized carbons (Fsp3) is 0.500. The molecule has 1 rings (SSSR count). The van der Waals surface area contributed by atoms with E-state index >= 15 is 0 Å². The molecule has 0 aliphatic carbocycles. The summed E-state index contributed by atoms with van der Waals surface area (Å²) >= 11 is 0. The van der Waals surface area contributed by atoms with Crippen LogP contribution in [-0.4, -0.2) is 40.8 Å². The van der Waals surface area contributed by atoms with Crippen LogP contribution in [0.25, 0.3) is 0 Å². The van der Waals surface area contributed by atoms with Gasteiger partial charge in [0.2, 0.25) is 5.91 Å². The summed E-state index contributed by atoms with van der Waals surface area (Å²) in [5, 5.41) is 9.48. The van der Waals surface area contributed by atoms with Crippen LogP contribution in [-0.2, 0) is 9.53 Å².